The molecule has 0 unspecified atom stereocenters. The van der Waals surface area contributed by atoms with Crippen LogP contribution in [-0.4, -0.2) is 71.1 Å². The zero-order valence-corrected chi connectivity index (χ0v) is 25.3. The number of hydrogen-bond donors (Lipinski definition) is 0. The lowest BCUT2D eigenvalue weighted by Crippen LogP contribution is -2.60. The molecule has 1 atom stereocenters. The Morgan fingerprint density at radius 1 is 0.829 bits per heavy atom. The quantitative estimate of drug-likeness (QED) is 0.405. The summed E-state index contributed by atoms with van der Waals surface area (Å²) in [5, 5.41) is 0. The van der Waals surface area contributed by atoms with E-state index in [0.717, 1.165) is 24.0 Å². The van der Waals surface area contributed by atoms with Gasteiger partial charge >= 0.3 is 6.09 Å². The van der Waals surface area contributed by atoms with E-state index in [9.17, 15) is 18.4 Å². The van der Waals surface area contributed by atoms with Crippen molar-refractivity contribution < 1.29 is 23.1 Å². The average molecular weight is 570 g/mol. The number of piperazine rings is 1. The summed E-state index contributed by atoms with van der Waals surface area (Å²) in [4.78, 5) is 32.3. The molecular formula is C33H45F2N3O3. The van der Waals surface area contributed by atoms with Crippen molar-refractivity contribution >= 4 is 12.0 Å². The van der Waals surface area contributed by atoms with E-state index in [0.29, 0.717) is 39.1 Å². The molecule has 41 heavy (non-hydrogen) atoms. The molecule has 2 aromatic rings. The van der Waals surface area contributed by atoms with Crippen LogP contribution in [0.15, 0.2) is 48.5 Å². The third kappa shape index (κ3) is 8.06. The van der Waals surface area contributed by atoms with Gasteiger partial charge in [-0.05, 0) is 80.3 Å². The molecule has 0 spiro atoms. The van der Waals surface area contributed by atoms with Crippen molar-refractivity contribution in [3.05, 3.63) is 71.3 Å². The number of halogens is 2. The Bertz CT molecular complexity index is 1130. The second-order valence-electron chi connectivity index (χ2n) is 13.6. The van der Waals surface area contributed by atoms with Gasteiger partial charge in [0.05, 0.1) is 6.04 Å². The minimum atomic E-state index is -0.527. The number of benzene rings is 2. The summed E-state index contributed by atoms with van der Waals surface area (Å²) in [6, 6.07) is 12.8. The first-order chi connectivity index (χ1) is 19.2. The number of piperidine rings is 1. The van der Waals surface area contributed by atoms with Gasteiger partial charge < -0.3 is 14.5 Å². The Morgan fingerprint density at radius 3 is 1.80 bits per heavy atom. The van der Waals surface area contributed by atoms with E-state index in [1.54, 1.807) is 29.2 Å². The third-order valence-electron chi connectivity index (χ3n) is 8.20. The standard InChI is InChI=1S/C33H45F2N3O3/c1-32(2,3)28-22-37(30(24-7-11-26(34)12-8-24)25-9-13-27(35)14-10-25)19-20-38(28)29(39)21-23-15-17-36(18-16-23)31(40)41-33(4,5)6/h7-14,23,28,30H,15-22H2,1-6H3/t28-/m1/s1. The number of hydrogen-bond acceptors (Lipinski definition) is 4. The molecule has 2 fully saturated rings. The molecule has 2 saturated heterocycles. The molecule has 0 saturated carbocycles. The fourth-order valence-corrected chi connectivity index (χ4v) is 5.99. The average Bonchev–Trinajstić information content (AvgIpc) is 2.90. The van der Waals surface area contributed by atoms with Gasteiger partial charge in [-0.1, -0.05) is 45.0 Å². The molecule has 2 aromatic carbocycles. The minimum Gasteiger partial charge on any atom is -0.444 e. The van der Waals surface area contributed by atoms with Gasteiger partial charge in [-0.25, -0.2) is 13.6 Å². The van der Waals surface area contributed by atoms with Gasteiger partial charge in [0.15, 0.2) is 0 Å². The molecule has 6 nitrogen and oxygen atoms in total. The number of nitrogens with zero attached hydrogens (tertiary/aromatic N) is 3. The van der Waals surface area contributed by atoms with E-state index in [-0.39, 0.29) is 47.1 Å². The molecule has 0 N–H and O–H groups in total. The van der Waals surface area contributed by atoms with Crippen LogP contribution in [0.25, 0.3) is 0 Å². The molecule has 2 heterocycles. The van der Waals surface area contributed by atoms with Crippen LogP contribution in [0.5, 0.6) is 0 Å². The summed E-state index contributed by atoms with van der Waals surface area (Å²) >= 11 is 0. The van der Waals surface area contributed by atoms with Crippen LogP contribution in [0, 0.1) is 23.0 Å². The largest absolute Gasteiger partial charge is 0.444 e. The van der Waals surface area contributed by atoms with E-state index in [4.69, 9.17) is 4.74 Å². The van der Waals surface area contributed by atoms with E-state index in [1.165, 1.54) is 24.3 Å². The fraction of sp³-hybridized carbons (Fsp3) is 0.576. The van der Waals surface area contributed by atoms with Crippen molar-refractivity contribution in [3.63, 3.8) is 0 Å². The highest BCUT2D eigenvalue weighted by Crippen LogP contribution is 2.36. The predicted octanol–water partition coefficient (Wildman–Crippen LogP) is 6.65. The Balaban J connectivity index is 1.46. The number of amides is 2. The molecule has 2 amide bonds. The predicted molar refractivity (Wildman–Crippen MR) is 156 cm³/mol. The molecule has 0 bridgehead atoms. The lowest BCUT2D eigenvalue weighted by Gasteiger charge is -2.50. The number of carbonyl (C=O) groups excluding carboxylic acids is 2. The molecular weight excluding hydrogens is 524 g/mol. The molecule has 0 radical (unpaired) electrons. The number of ether oxygens (including phenoxy) is 1. The van der Waals surface area contributed by atoms with Gasteiger partial charge in [-0.15, -0.1) is 0 Å². The lowest BCUT2D eigenvalue weighted by atomic mass is 9.82. The Hall–Kier alpha value is -3.00. The SMILES string of the molecule is CC(C)(C)OC(=O)N1CCC(CC(=O)N2CCN(C(c3ccc(F)cc3)c3ccc(F)cc3)C[C@@H]2C(C)(C)C)CC1. The number of carbonyl (C=O) groups is 2. The molecule has 2 aliphatic heterocycles. The minimum absolute atomic E-state index is 0.0333. The summed E-state index contributed by atoms with van der Waals surface area (Å²) in [6.45, 7) is 15.1. The topological polar surface area (TPSA) is 53.1 Å². The van der Waals surface area contributed by atoms with Crippen molar-refractivity contribution in [2.24, 2.45) is 11.3 Å². The van der Waals surface area contributed by atoms with Gasteiger partial charge in [0, 0.05) is 45.2 Å². The monoisotopic (exact) mass is 569 g/mol. The Labute approximate surface area is 243 Å². The summed E-state index contributed by atoms with van der Waals surface area (Å²) in [5.74, 6) is -0.218. The van der Waals surface area contributed by atoms with Gasteiger partial charge in [0.2, 0.25) is 5.91 Å². The highest BCUT2D eigenvalue weighted by Gasteiger charge is 2.41. The smallest absolute Gasteiger partial charge is 0.410 e. The van der Waals surface area contributed by atoms with Gasteiger partial charge in [-0.3, -0.25) is 9.69 Å². The molecule has 8 heteroatoms. The first kappa shape index (κ1) is 30.9. The normalized spacial score (nSPS) is 19.5. The van der Waals surface area contributed by atoms with Crippen molar-refractivity contribution in [2.45, 2.75) is 78.5 Å². The van der Waals surface area contributed by atoms with Crippen molar-refractivity contribution in [1.82, 2.24) is 14.7 Å². The number of rotatable bonds is 5. The van der Waals surface area contributed by atoms with Crippen LogP contribution in [0.1, 0.15) is 78.0 Å². The van der Waals surface area contributed by atoms with E-state index < -0.39 is 5.60 Å². The van der Waals surface area contributed by atoms with Gasteiger partial charge in [0.1, 0.15) is 17.2 Å². The maximum absolute atomic E-state index is 13.8. The second kappa shape index (κ2) is 12.5. The van der Waals surface area contributed by atoms with Crippen molar-refractivity contribution in [2.75, 3.05) is 32.7 Å². The van der Waals surface area contributed by atoms with Crippen molar-refractivity contribution in [1.29, 1.82) is 0 Å². The summed E-state index contributed by atoms with van der Waals surface area (Å²) in [6.07, 6.45) is 1.74. The Morgan fingerprint density at radius 2 is 1.34 bits per heavy atom. The molecule has 224 valence electrons. The first-order valence-electron chi connectivity index (χ1n) is 14.7. The highest BCUT2D eigenvalue weighted by atomic mass is 19.1. The van der Waals surface area contributed by atoms with E-state index in [2.05, 4.69) is 25.7 Å². The summed E-state index contributed by atoms with van der Waals surface area (Å²) in [7, 11) is 0. The maximum atomic E-state index is 13.8. The molecule has 2 aliphatic rings. The van der Waals surface area contributed by atoms with Gasteiger partial charge in [-0.2, -0.15) is 0 Å². The van der Waals surface area contributed by atoms with Crippen LogP contribution in [-0.2, 0) is 9.53 Å². The van der Waals surface area contributed by atoms with Crippen molar-refractivity contribution in [3.8, 4) is 0 Å². The maximum Gasteiger partial charge on any atom is 0.410 e. The molecule has 4 rings (SSSR count). The first-order valence-corrected chi connectivity index (χ1v) is 14.7. The van der Waals surface area contributed by atoms with Crippen LogP contribution in [0.2, 0.25) is 0 Å². The van der Waals surface area contributed by atoms with Crippen LogP contribution in [0.3, 0.4) is 0 Å². The van der Waals surface area contributed by atoms with Gasteiger partial charge in [0.25, 0.3) is 0 Å². The number of likely N-dealkylation sites (tertiary alicyclic amines) is 1. The summed E-state index contributed by atoms with van der Waals surface area (Å²) in [5.41, 5.74) is 1.16. The zero-order chi connectivity index (χ0) is 29.9. The van der Waals surface area contributed by atoms with Crippen LogP contribution in [0.4, 0.5) is 13.6 Å². The van der Waals surface area contributed by atoms with E-state index >= 15 is 0 Å². The Kier molecular flexibility index (Phi) is 9.42. The molecule has 0 aliphatic carbocycles. The summed E-state index contributed by atoms with van der Waals surface area (Å²) < 4.78 is 33.1. The highest BCUT2D eigenvalue weighted by molar-refractivity contribution is 5.77. The van der Waals surface area contributed by atoms with Crippen LogP contribution >= 0.6 is 0 Å². The van der Waals surface area contributed by atoms with Crippen LogP contribution < -0.4 is 0 Å². The molecule has 0 aromatic heterocycles. The third-order valence-corrected chi connectivity index (χ3v) is 8.20. The fourth-order valence-electron chi connectivity index (χ4n) is 5.99. The zero-order valence-electron chi connectivity index (χ0n) is 25.3. The second-order valence-corrected chi connectivity index (χ2v) is 13.6. The van der Waals surface area contributed by atoms with E-state index in [1.807, 2.05) is 25.7 Å². The lowest BCUT2D eigenvalue weighted by molar-refractivity contribution is -0.141.